The van der Waals surface area contributed by atoms with Gasteiger partial charge in [0.2, 0.25) is 0 Å². The Morgan fingerprint density at radius 3 is 2.46 bits per heavy atom. The Kier molecular flexibility index (Phi) is 4.31. The molecule has 2 atom stereocenters. The number of morpholine rings is 1. The Labute approximate surface area is 170 Å². The molecular formula is C23H19NO3Se. The van der Waals surface area contributed by atoms with Gasteiger partial charge in [-0.1, -0.05) is 0 Å². The summed E-state index contributed by atoms with van der Waals surface area (Å²) in [5, 5.41) is 0. The predicted octanol–water partition coefficient (Wildman–Crippen LogP) is 1.94. The predicted molar refractivity (Wildman–Crippen MR) is 108 cm³/mol. The number of rotatable bonds is 3. The molecule has 2 aromatic carbocycles. The number of carbonyl (C=O) groups is 2. The molecular weight excluding hydrogens is 417 g/mol. The van der Waals surface area contributed by atoms with Crippen LogP contribution in [0, 0.1) is 0 Å². The van der Waals surface area contributed by atoms with Crippen LogP contribution in [0.15, 0.2) is 77.3 Å². The molecule has 2 aromatic rings. The van der Waals surface area contributed by atoms with E-state index < -0.39 is 5.54 Å². The van der Waals surface area contributed by atoms with Crippen LogP contribution in [0.5, 0.6) is 0 Å². The second-order valence-corrected chi connectivity index (χ2v) is 9.40. The standard InChI is InChI=1S/C23H19NO3Se/c25-17-11-12-23-19(15-17)27-14-13-24(23)22(26)21(28-18-9-5-2-6-10-18)20(23)16-7-3-1-4-8-16/h1-12,19H,13-15H2. The van der Waals surface area contributed by atoms with Crippen molar-refractivity contribution in [1.82, 2.24) is 4.90 Å². The first-order chi connectivity index (χ1) is 13.7. The van der Waals surface area contributed by atoms with E-state index >= 15 is 0 Å². The number of ether oxygens (including phenoxy) is 1. The van der Waals surface area contributed by atoms with Crippen molar-refractivity contribution in [3.8, 4) is 0 Å². The topological polar surface area (TPSA) is 46.6 Å². The summed E-state index contributed by atoms with van der Waals surface area (Å²) in [5.74, 6) is 0.134. The molecule has 2 unspecified atom stereocenters. The zero-order chi connectivity index (χ0) is 19.1. The van der Waals surface area contributed by atoms with E-state index in [-0.39, 0.29) is 32.8 Å². The Hall–Kier alpha value is -2.46. The van der Waals surface area contributed by atoms with Crippen molar-refractivity contribution < 1.29 is 14.3 Å². The Morgan fingerprint density at radius 2 is 1.71 bits per heavy atom. The molecule has 1 aliphatic carbocycles. The van der Waals surface area contributed by atoms with Crippen LogP contribution in [0.3, 0.4) is 0 Å². The average Bonchev–Trinajstić information content (AvgIpc) is 2.97. The van der Waals surface area contributed by atoms with Gasteiger partial charge in [0, 0.05) is 0 Å². The van der Waals surface area contributed by atoms with Gasteiger partial charge < -0.3 is 0 Å². The molecule has 1 spiro atoms. The minimum absolute atomic E-state index is 0.0550. The zero-order valence-corrected chi connectivity index (χ0v) is 16.9. The van der Waals surface area contributed by atoms with E-state index in [1.54, 1.807) is 6.08 Å². The van der Waals surface area contributed by atoms with Gasteiger partial charge in [0.25, 0.3) is 0 Å². The molecule has 2 heterocycles. The Balaban J connectivity index is 1.74. The van der Waals surface area contributed by atoms with Crippen molar-refractivity contribution in [3.63, 3.8) is 0 Å². The molecule has 1 saturated heterocycles. The average molecular weight is 436 g/mol. The van der Waals surface area contributed by atoms with E-state index in [2.05, 4.69) is 24.3 Å². The van der Waals surface area contributed by atoms with E-state index in [9.17, 15) is 9.59 Å². The van der Waals surface area contributed by atoms with Gasteiger partial charge in [-0.15, -0.1) is 0 Å². The molecule has 5 heteroatoms. The summed E-state index contributed by atoms with van der Waals surface area (Å²) in [5.41, 5.74) is 1.35. The molecule has 0 N–H and O–H groups in total. The SMILES string of the molecule is O=C1C=CC23C(c4ccccc4)=C([Se]c4ccccc4)C(=O)N2CCOC3C1. The second kappa shape index (κ2) is 6.85. The monoisotopic (exact) mass is 437 g/mol. The summed E-state index contributed by atoms with van der Waals surface area (Å²) in [7, 11) is 0. The third-order valence-corrected chi connectivity index (χ3v) is 7.86. The summed E-state index contributed by atoms with van der Waals surface area (Å²) in [6.07, 6.45) is 3.52. The first kappa shape index (κ1) is 17.6. The second-order valence-electron chi connectivity index (χ2n) is 7.13. The van der Waals surface area contributed by atoms with Crippen LogP contribution in [-0.4, -0.2) is 56.3 Å². The third-order valence-electron chi connectivity index (χ3n) is 5.57. The van der Waals surface area contributed by atoms with Crippen molar-refractivity contribution in [2.24, 2.45) is 0 Å². The van der Waals surface area contributed by atoms with E-state index in [0.29, 0.717) is 19.6 Å². The van der Waals surface area contributed by atoms with Crippen LogP contribution in [-0.2, 0) is 14.3 Å². The van der Waals surface area contributed by atoms with Crippen LogP contribution < -0.4 is 4.46 Å². The van der Waals surface area contributed by atoms with Crippen molar-refractivity contribution in [3.05, 3.63) is 82.9 Å². The molecule has 0 bridgehead atoms. The number of hydrogen-bond acceptors (Lipinski definition) is 3. The number of ketones is 1. The maximum atomic E-state index is 13.6. The molecule has 5 rings (SSSR count). The Bertz CT molecular complexity index is 999. The van der Waals surface area contributed by atoms with Gasteiger partial charge in [0.1, 0.15) is 0 Å². The fourth-order valence-corrected chi connectivity index (χ4v) is 6.71. The van der Waals surface area contributed by atoms with Crippen LogP contribution in [0.2, 0.25) is 0 Å². The fourth-order valence-electron chi connectivity index (χ4n) is 4.38. The van der Waals surface area contributed by atoms with Gasteiger partial charge in [-0.25, -0.2) is 0 Å². The quantitative estimate of drug-likeness (QED) is 0.692. The van der Waals surface area contributed by atoms with Gasteiger partial charge in [0.05, 0.1) is 0 Å². The molecule has 1 fully saturated rings. The molecule has 0 aromatic heterocycles. The first-order valence-corrected chi connectivity index (χ1v) is 11.1. The minimum atomic E-state index is -0.684. The normalized spacial score (nSPS) is 26.4. The maximum absolute atomic E-state index is 13.6. The van der Waals surface area contributed by atoms with Crippen LogP contribution in [0.1, 0.15) is 12.0 Å². The van der Waals surface area contributed by atoms with E-state index in [1.165, 1.54) is 0 Å². The summed E-state index contributed by atoms with van der Waals surface area (Å²) in [4.78, 5) is 27.6. The molecule has 4 nitrogen and oxygen atoms in total. The number of benzene rings is 2. The number of allylic oxidation sites excluding steroid dienone is 1. The molecule has 2 aliphatic heterocycles. The number of nitrogens with zero attached hydrogens (tertiary/aromatic N) is 1. The van der Waals surface area contributed by atoms with E-state index in [1.807, 2.05) is 47.4 Å². The zero-order valence-electron chi connectivity index (χ0n) is 15.2. The van der Waals surface area contributed by atoms with Crippen LogP contribution in [0.25, 0.3) is 5.57 Å². The van der Waals surface area contributed by atoms with Crippen LogP contribution in [0.4, 0.5) is 0 Å². The van der Waals surface area contributed by atoms with Gasteiger partial charge in [0.15, 0.2) is 0 Å². The van der Waals surface area contributed by atoms with Crippen molar-refractivity contribution in [1.29, 1.82) is 0 Å². The van der Waals surface area contributed by atoms with Gasteiger partial charge in [-0.2, -0.15) is 0 Å². The summed E-state index contributed by atoms with van der Waals surface area (Å²) < 4.78 is 8.09. The van der Waals surface area contributed by atoms with Gasteiger partial charge in [-0.3, -0.25) is 0 Å². The van der Waals surface area contributed by atoms with Crippen molar-refractivity contribution in [2.45, 2.75) is 18.1 Å². The summed E-state index contributed by atoms with van der Waals surface area (Å²) >= 11 is -0.130. The van der Waals surface area contributed by atoms with Crippen molar-refractivity contribution in [2.75, 3.05) is 13.2 Å². The number of amides is 1. The first-order valence-electron chi connectivity index (χ1n) is 9.39. The third kappa shape index (κ3) is 2.62. The van der Waals surface area contributed by atoms with E-state index in [4.69, 9.17) is 4.74 Å². The van der Waals surface area contributed by atoms with E-state index in [0.717, 1.165) is 20.1 Å². The van der Waals surface area contributed by atoms with Gasteiger partial charge in [-0.05, 0) is 0 Å². The van der Waals surface area contributed by atoms with Crippen LogP contribution >= 0.6 is 0 Å². The van der Waals surface area contributed by atoms with Crippen molar-refractivity contribution >= 4 is 36.7 Å². The molecule has 140 valence electrons. The molecule has 0 radical (unpaired) electrons. The number of hydrogen-bond donors (Lipinski definition) is 0. The van der Waals surface area contributed by atoms with Gasteiger partial charge >= 0.3 is 170 Å². The molecule has 28 heavy (non-hydrogen) atoms. The molecule has 1 amide bonds. The molecule has 3 aliphatic rings. The fraction of sp³-hybridized carbons (Fsp3) is 0.217. The molecule has 0 saturated carbocycles. The Morgan fingerprint density at radius 1 is 1.00 bits per heavy atom. The summed E-state index contributed by atoms with van der Waals surface area (Å²) in [6, 6.07) is 20.2. The summed E-state index contributed by atoms with van der Waals surface area (Å²) in [6.45, 7) is 1.01. The number of carbonyl (C=O) groups excluding carboxylic acids is 2.